The number of nitrogens with one attached hydrogen (secondary N) is 3. The van der Waals surface area contributed by atoms with Gasteiger partial charge in [0.15, 0.2) is 0 Å². The average molecular weight is 481 g/mol. The van der Waals surface area contributed by atoms with Crippen molar-refractivity contribution in [3.63, 3.8) is 0 Å². The first-order valence-corrected chi connectivity index (χ1v) is 13.0. The van der Waals surface area contributed by atoms with Crippen LogP contribution in [0.2, 0.25) is 0 Å². The first-order valence-electron chi connectivity index (χ1n) is 13.0. The van der Waals surface area contributed by atoms with Gasteiger partial charge in [-0.05, 0) is 69.9 Å². The number of ether oxygens (including phenoxy) is 1. The fraction of sp³-hybridized carbons (Fsp3) is 0.593. The Labute approximate surface area is 209 Å². The number of nitrogens with zero attached hydrogens (tertiary/aromatic N) is 3. The van der Waals surface area contributed by atoms with Crippen LogP contribution in [0.15, 0.2) is 24.4 Å². The second-order valence-corrected chi connectivity index (χ2v) is 10.2. The van der Waals surface area contributed by atoms with Crippen molar-refractivity contribution in [2.24, 2.45) is 0 Å². The van der Waals surface area contributed by atoms with Crippen LogP contribution in [0.1, 0.15) is 80.6 Å². The zero-order valence-corrected chi connectivity index (χ0v) is 21.6. The highest BCUT2D eigenvalue weighted by Gasteiger charge is 2.21. The summed E-state index contributed by atoms with van der Waals surface area (Å²) >= 11 is 0. The minimum atomic E-state index is -0.0686. The number of hydrogen-bond acceptors (Lipinski definition) is 7. The van der Waals surface area contributed by atoms with Crippen molar-refractivity contribution in [2.45, 2.75) is 76.8 Å². The highest BCUT2D eigenvalue weighted by molar-refractivity contribution is 5.95. The Morgan fingerprint density at radius 3 is 2.51 bits per heavy atom. The third-order valence-corrected chi connectivity index (χ3v) is 7.15. The standard InChI is InChI=1S/C27H40N6O2/c1-18(2)22-17-28-27(32-25(22)29-20-8-6-5-7-9-20)31-23-11-10-19(16-24(23)35-4)26(34)30-21-12-14-33(3)15-13-21/h10-11,16-18,20-21H,5-9,12-15H2,1-4H3,(H,30,34)(H2,28,29,31,32). The molecular formula is C27H40N6O2. The molecule has 35 heavy (non-hydrogen) atoms. The van der Waals surface area contributed by atoms with Gasteiger partial charge in [0, 0.05) is 29.4 Å². The Kier molecular flexibility index (Phi) is 8.44. The first kappa shape index (κ1) is 25.2. The number of carbonyl (C=O) groups is 1. The van der Waals surface area contributed by atoms with Crippen molar-refractivity contribution in [3.8, 4) is 5.75 Å². The van der Waals surface area contributed by atoms with Gasteiger partial charge < -0.3 is 25.6 Å². The van der Waals surface area contributed by atoms with Gasteiger partial charge in [-0.15, -0.1) is 0 Å². The highest BCUT2D eigenvalue weighted by Crippen LogP contribution is 2.31. The summed E-state index contributed by atoms with van der Waals surface area (Å²) < 4.78 is 5.61. The van der Waals surface area contributed by atoms with Crippen molar-refractivity contribution in [2.75, 3.05) is 37.9 Å². The SMILES string of the molecule is COc1cc(C(=O)NC2CCN(C)CC2)ccc1Nc1ncc(C(C)C)c(NC2CCCCC2)n1. The Morgan fingerprint density at radius 1 is 1.09 bits per heavy atom. The zero-order valence-electron chi connectivity index (χ0n) is 21.6. The molecule has 8 heteroatoms. The van der Waals surface area contributed by atoms with E-state index in [1.165, 1.54) is 32.1 Å². The van der Waals surface area contributed by atoms with E-state index in [-0.39, 0.29) is 11.9 Å². The van der Waals surface area contributed by atoms with Crippen LogP contribution in [-0.2, 0) is 0 Å². The number of amides is 1. The number of likely N-dealkylation sites (tertiary alicyclic amines) is 1. The second kappa shape index (κ2) is 11.7. The maximum Gasteiger partial charge on any atom is 0.251 e. The van der Waals surface area contributed by atoms with E-state index in [0.717, 1.165) is 43.0 Å². The van der Waals surface area contributed by atoms with Crippen LogP contribution in [0.4, 0.5) is 17.5 Å². The molecule has 1 saturated heterocycles. The zero-order chi connectivity index (χ0) is 24.8. The lowest BCUT2D eigenvalue weighted by atomic mass is 9.95. The molecule has 0 spiro atoms. The molecule has 2 aliphatic rings. The number of rotatable bonds is 8. The van der Waals surface area contributed by atoms with Crippen LogP contribution in [0.5, 0.6) is 5.75 Å². The number of piperidine rings is 1. The van der Waals surface area contributed by atoms with Crippen LogP contribution in [0, 0.1) is 0 Å². The minimum absolute atomic E-state index is 0.0686. The molecular weight excluding hydrogens is 440 g/mol. The van der Waals surface area contributed by atoms with Gasteiger partial charge >= 0.3 is 0 Å². The first-order chi connectivity index (χ1) is 16.9. The van der Waals surface area contributed by atoms with E-state index < -0.39 is 0 Å². The average Bonchev–Trinajstić information content (AvgIpc) is 2.86. The van der Waals surface area contributed by atoms with E-state index in [4.69, 9.17) is 9.72 Å². The van der Waals surface area contributed by atoms with Gasteiger partial charge in [-0.2, -0.15) is 4.98 Å². The summed E-state index contributed by atoms with van der Waals surface area (Å²) in [5.74, 6) is 2.25. The number of anilines is 3. The number of methoxy groups -OCH3 is 1. The molecule has 1 aromatic heterocycles. The Balaban J connectivity index is 1.47. The molecule has 190 valence electrons. The molecule has 3 N–H and O–H groups in total. The maximum absolute atomic E-state index is 12.8. The summed E-state index contributed by atoms with van der Waals surface area (Å²) in [5, 5.41) is 10.1. The van der Waals surface area contributed by atoms with E-state index in [1.807, 2.05) is 18.3 Å². The van der Waals surface area contributed by atoms with E-state index in [1.54, 1.807) is 13.2 Å². The van der Waals surface area contributed by atoms with Gasteiger partial charge in [0.25, 0.3) is 5.91 Å². The third-order valence-electron chi connectivity index (χ3n) is 7.15. The quantitative estimate of drug-likeness (QED) is 0.494. The number of carbonyl (C=O) groups excluding carboxylic acids is 1. The monoisotopic (exact) mass is 480 g/mol. The van der Waals surface area contributed by atoms with Gasteiger partial charge in [0.05, 0.1) is 12.8 Å². The molecule has 0 bridgehead atoms. The summed E-state index contributed by atoms with van der Waals surface area (Å²) in [5.41, 5.74) is 2.43. The van der Waals surface area contributed by atoms with Gasteiger partial charge in [-0.1, -0.05) is 33.1 Å². The lowest BCUT2D eigenvalue weighted by molar-refractivity contribution is 0.0916. The van der Waals surface area contributed by atoms with Gasteiger partial charge in [-0.3, -0.25) is 4.79 Å². The molecule has 1 aliphatic heterocycles. The summed E-state index contributed by atoms with van der Waals surface area (Å²) in [6, 6.07) is 6.12. The van der Waals surface area contributed by atoms with Crippen molar-refractivity contribution in [1.29, 1.82) is 0 Å². The highest BCUT2D eigenvalue weighted by atomic mass is 16.5. The van der Waals surface area contributed by atoms with Crippen LogP contribution in [-0.4, -0.2) is 60.1 Å². The van der Waals surface area contributed by atoms with Crippen LogP contribution < -0.4 is 20.7 Å². The van der Waals surface area contributed by atoms with Crippen molar-refractivity contribution < 1.29 is 9.53 Å². The number of hydrogen-bond donors (Lipinski definition) is 3. The summed E-state index contributed by atoms with van der Waals surface area (Å²) in [4.78, 5) is 24.5. The predicted molar refractivity (Wildman–Crippen MR) is 141 cm³/mol. The van der Waals surface area contributed by atoms with Gasteiger partial charge in [-0.25, -0.2) is 4.98 Å². The van der Waals surface area contributed by atoms with Crippen LogP contribution in [0.25, 0.3) is 0 Å². The molecule has 1 amide bonds. The molecule has 0 radical (unpaired) electrons. The normalized spacial score (nSPS) is 17.9. The molecule has 0 atom stereocenters. The fourth-order valence-electron chi connectivity index (χ4n) is 4.91. The van der Waals surface area contributed by atoms with Gasteiger partial charge in [0.1, 0.15) is 11.6 Å². The van der Waals surface area contributed by atoms with E-state index in [9.17, 15) is 4.79 Å². The largest absolute Gasteiger partial charge is 0.495 e. The number of aromatic nitrogens is 2. The predicted octanol–water partition coefficient (Wildman–Crippen LogP) is 4.92. The molecule has 4 rings (SSSR count). The van der Waals surface area contributed by atoms with Crippen LogP contribution in [0.3, 0.4) is 0 Å². The Hall–Kier alpha value is -2.87. The Morgan fingerprint density at radius 2 is 1.83 bits per heavy atom. The van der Waals surface area contributed by atoms with E-state index in [0.29, 0.717) is 29.2 Å². The summed E-state index contributed by atoms with van der Waals surface area (Å²) in [6.45, 7) is 6.33. The molecule has 2 heterocycles. The summed E-state index contributed by atoms with van der Waals surface area (Å²) in [7, 11) is 3.72. The van der Waals surface area contributed by atoms with E-state index >= 15 is 0 Å². The molecule has 2 fully saturated rings. The third kappa shape index (κ3) is 6.63. The fourth-order valence-corrected chi connectivity index (χ4v) is 4.91. The van der Waals surface area contributed by atoms with Gasteiger partial charge in [0.2, 0.25) is 5.95 Å². The molecule has 8 nitrogen and oxygen atoms in total. The smallest absolute Gasteiger partial charge is 0.251 e. The van der Waals surface area contributed by atoms with Crippen molar-refractivity contribution in [3.05, 3.63) is 35.5 Å². The molecule has 1 aliphatic carbocycles. The number of benzene rings is 1. The second-order valence-electron chi connectivity index (χ2n) is 10.2. The lowest BCUT2D eigenvalue weighted by Crippen LogP contribution is -2.43. The Bertz CT molecular complexity index is 997. The van der Waals surface area contributed by atoms with E-state index in [2.05, 4.69) is 46.7 Å². The molecule has 1 aromatic carbocycles. The lowest BCUT2D eigenvalue weighted by Gasteiger charge is -2.29. The van der Waals surface area contributed by atoms with Crippen molar-refractivity contribution in [1.82, 2.24) is 20.2 Å². The minimum Gasteiger partial charge on any atom is -0.495 e. The topological polar surface area (TPSA) is 91.4 Å². The summed E-state index contributed by atoms with van der Waals surface area (Å²) in [6.07, 6.45) is 10.1. The molecule has 1 saturated carbocycles. The molecule has 0 unspecified atom stereocenters. The van der Waals surface area contributed by atoms with Crippen LogP contribution >= 0.6 is 0 Å². The van der Waals surface area contributed by atoms with Crippen molar-refractivity contribution >= 4 is 23.4 Å². The molecule has 2 aromatic rings. The maximum atomic E-state index is 12.8.